The van der Waals surface area contributed by atoms with Crippen LogP contribution in [-0.4, -0.2) is 46.7 Å². The van der Waals surface area contributed by atoms with Crippen molar-refractivity contribution in [1.82, 2.24) is 20.0 Å². The van der Waals surface area contributed by atoms with Crippen LogP contribution in [0.5, 0.6) is 0 Å². The van der Waals surface area contributed by atoms with Crippen LogP contribution < -0.4 is 4.90 Å². The van der Waals surface area contributed by atoms with Gasteiger partial charge in [0.25, 0.3) is 0 Å². The van der Waals surface area contributed by atoms with E-state index in [0.29, 0.717) is 29.2 Å². The van der Waals surface area contributed by atoms with E-state index in [1.807, 2.05) is 36.7 Å². The number of anilines is 1. The molecule has 0 bridgehead atoms. The van der Waals surface area contributed by atoms with Crippen molar-refractivity contribution < 1.29 is 4.52 Å². The molecule has 0 N–H and O–H groups in total. The quantitative estimate of drug-likeness (QED) is 0.623. The Bertz CT molecular complexity index is 893. The topological polar surface area (TPSA) is 58.3 Å². The van der Waals surface area contributed by atoms with Crippen LogP contribution in [0.4, 0.5) is 5.69 Å². The molecule has 1 aromatic carbocycles. The second kappa shape index (κ2) is 8.71. The Kier molecular flexibility index (Phi) is 5.88. The van der Waals surface area contributed by atoms with E-state index in [1.165, 1.54) is 18.5 Å². The van der Waals surface area contributed by atoms with Crippen LogP contribution in [0.1, 0.15) is 18.7 Å². The lowest BCUT2D eigenvalue weighted by atomic mass is 9.96. The number of nitrogens with zero attached hydrogens (tertiary/aromatic N) is 5. The molecule has 3 heterocycles. The van der Waals surface area contributed by atoms with Gasteiger partial charge in [-0.15, -0.1) is 0 Å². The van der Waals surface area contributed by atoms with Gasteiger partial charge >= 0.3 is 0 Å². The number of halogens is 1. The first-order chi connectivity index (χ1) is 13.7. The second-order valence-corrected chi connectivity index (χ2v) is 7.79. The molecule has 146 valence electrons. The van der Waals surface area contributed by atoms with Crippen molar-refractivity contribution in [3.63, 3.8) is 0 Å². The van der Waals surface area contributed by atoms with Gasteiger partial charge < -0.3 is 9.42 Å². The fourth-order valence-electron chi connectivity index (χ4n) is 3.73. The minimum Gasteiger partial charge on any atom is -0.371 e. The van der Waals surface area contributed by atoms with E-state index in [-0.39, 0.29) is 0 Å². The highest BCUT2D eigenvalue weighted by Crippen LogP contribution is 2.24. The molecule has 0 aliphatic carbocycles. The number of hydrogen-bond acceptors (Lipinski definition) is 6. The van der Waals surface area contributed by atoms with Gasteiger partial charge in [-0.2, -0.15) is 4.98 Å². The van der Waals surface area contributed by atoms with Crippen LogP contribution in [0.15, 0.2) is 53.3 Å². The maximum atomic E-state index is 6.04. The zero-order valence-electron chi connectivity index (χ0n) is 16.0. The van der Waals surface area contributed by atoms with Crippen LogP contribution in [0.2, 0.25) is 5.02 Å². The van der Waals surface area contributed by atoms with Gasteiger partial charge in [0.15, 0.2) is 0 Å². The van der Waals surface area contributed by atoms with E-state index in [1.54, 1.807) is 0 Å². The molecule has 7 heteroatoms. The molecule has 0 atom stereocenters. The molecule has 1 aliphatic rings. The first-order valence-corrected chi connectivity index (χ1v) is 9.97. The Balaban J connectivity index is 1.28. The first-order valence-electron chi connectivity index (χ1n) is 9.59. The lowest BCUT2D eigenvalue weighted by Gasteiger charge is -2.35. The molecule has 28 heavy (non-hydrogen) atoms. The summed E-state index contributed by atoms with van der Waals surface area (Å²) < 4.78 is 5.43. The molecular weight excluding hydrogens is 374 g/mol. The average molecular weight is 398 g/mol. The summed E-state index contributed by atoms with van der Waals surface area (Å²) in [5, 5.41) is 4.75. The fourth-order valence-corrected chi connectivity index (χ4v) is 3.92. The molecule has 2 aromatic heterocycles. The van der Waals surface area contributed by atoms with Gasteiger partial charge in [-0.3, -0.25) is 9.88 Å². The number of benzene rings is 1. The second-order valence-electron chi connectivity index (χ2n) is 7.35. The lowest BCUT2D eigenvalue weighted by molar-refractivity contribution is 0.216. The summed E-state index contributed by atoms with van der Waals surface area (Å²) in [5.41, 5.74) is 2.13. The van der Waals surface area contributed by atoms with Gasteiger partial charge in [0.05, 0.1) is 6.54 Å². The smallest absolute Gasteiger partial charge is 0.241 e. The largest absolute Gasteiger partial charge is 0.371 e. The Labute approximate surface area is 170 Å². The lowest BCUT2D eigenvalue weighted by Crippen LogP contribution is -2.37. The monoisotopic (exact) mass is 397 g/mol. The van der Waals surface area contributed by atoms with Crippen molar-refractivity contribution >= 4 is 17.3 Å². The van der Waals surface area contributed by atoms with E-state index < -0.39 is 0 Å². The van der Waals surface area contributed by atoms with Crippen molar-refractivity contribution in [2.24, 2.45) is 5.92 Å². The Morgan fingerprint density at radius 2 is 1.96 bits per heavy atom. The Hall–Kier alpha value is -2.44. The van der Waals surface area contributed by atoms with Crippen LogP contribution in [0, 0.1) is 5.92 Å². The molecule has 3 aromatic rings. The third kappa shape index (κ3) is 4.69. The summed E-state index contributed by atoms with van der Waals surface area (Å²) in [6.45, 7) is 3.85. The molecule has 0 amide bonds. The molecule has 0 radical (unpaired) electrons. The van der Waals surface area contributed by atoms with Gasteiger partial charge in [-0.05, 0) is 50.1 Å². The van der Waals surface area contributed by atoms with E-state index >= 15 is 0 Å². The first kappa shape index (κ1) is 18.9. The minimum atomic E-state index is 0.580. The molecule has 0 saturated carbocycles. The van der Waals surface area contributed by atoms with Crippen LogP contribution in [0.25, 0.3) is 11.4 Å². The molecule has 1 saturated heterocycles. The SMILES string of the molecule is CN(Cc1nc(-c2cccc(Cl)c2)no1)CC1CCN(c2ccncc2)CC1. The summed E-state index contributed by atoms with van der Waals surface area (Å²) in [7, 11) is 2.11. The predicted octanol–water partition coefficient (Wildman–Crippen LogP) is 4.13. The fraction of sp³-hybridized carbons (Fsp3) is 0.381. The highest BCUT2D eigenvalue weighted by atomic mass is 35.5. The molecule has 0 unspecified atom stereocenters. The number of piperidine rings is 1. The van der Waals surface area contributed by atoms with Crippen molar-refractivity contribution in [3.8, 4) is 11.4 Å². The highest BCUT2D eigenvalue weighted by Gasteiger charge is 2.21. The Morgan fingerprint density at radius 1 is 1.18 bits per heavy atom. The molecule has 6 nitrogen and oxygen atoms in total. The third-order valence-electron chi connectivity index (χ3n) is 5.17. The molecule has 0 spiro atoms. The van der Waals surface area contributed by atoms with Gasteiger partial charge in [0, 0.05) is 48.3 Å². The molecular formula is C21H24ClN5O. The zero-order valence-corrected chi connectivity index (χ0v) is 16.7. The predicted molar refractivity (Wildman–Crippen MR) is 110 cm³/mol. The molecule has 4 rings (SSSR count). The number of rotatable bonds is 6. The normalized spacial score (nSPS) is 15.3. The minimum absolute atomic E-state index is 0.580. The average Bonchev–Trinajstić information content (AvgIpc) is 3.17. The van der Waals surface area contributed by atoms with Crippen LogP contribution in [-0.2, 0) is 6.54 Å². The van der Waals surface area contributed by atoms with Gasteiger partial charge in [-0.1, -0.05) is 28.9 Å². The Morgan fingerprint density at radius 3 is 2.71 bits per heavy atom. The summed E-state index contributed by atoms with van der Waals surface area (Å²) in [6, 6.07) is 11.7. The summed E-state index contributed by atoms with van der Waals surface area (Å²) in [6.07, 6.45) is 6.09. The van der Waals surface area contributed by atoms with Crippen LogP contribution in [0.3, 0.4) is 0 Å². The zero-order chi connectivity index (χ0) is 19.3. The summed E-state index contributed by atoms with van der Waals surface area (Å²) in [5.74, 6) is 1.89. The standard InChI is InChI=1S/C21H24ClN5O/c1-26(14-16-7-11-27(12-8-16)19-5-9-23-10-6-19)15-20-24-21(25-28-20)17-3-2-4-18(22)13-17/h2-6,9-10,13,16H,7-8,11-12,14-15H2,1H3. The number of aromatic nitrogens is 3. The maximum Gasteiger partial charge on any atom is 0.241 e. The van der Waals surface area contributed by atoms with E-state index in [4.69, 9.17) is 16.1 Å². The highest BCUT2D eigenvalue weighted by molar-refractivity contribution is 6.30. The van der Waals surface area contributed by atoms with Crippen molar-refractivity contribution in [2.75, 3.05) is 31.6 Å². The number of hydrogen-bond donors (Lipinski definition) is 0. The van der Waals surface area contributed by atoms with Gasteiger partial charge in [0.1, 0.15) is 0 Å². The maximum absolute atomic E-state index is 6.04. The molecule has 1 fully saturated rings. The summed E-state index contributed by atoms with van der Waals surface area (Å²) in [4.78, 5) is 13.3. The van der Waals surface area contributed by atoms with Gasteiger partial charge in [-0.25, -0.2) is 0 Å². The summed E-state index contributed by atoms with van der Waals surface area (Å²) >= 11 is 6.04. The van der Waals surface area contributed by atoms with Gasteiger partial charge in [0.2, 0.25) is 11.7 Å². The van der Waals surface area contributed by atoms with E-state index in [0.717, 1.165) is 25.2 Å². The molecule has 1 aliphatic heterocycles. The van der Waals surface area contributed by atoms with E-state index in [9.17, 15) is 0 Å². The van der Waals surface area contributed by atoms with Crippen molar-refractivity contribution in [3.05, 3.63) is 59.7 Å². The third-order valence-corrected chi connectivity index (χ3v) is 5.40. The van der Waals surface area contributed by atoms with Crippen LogP contribution >= 0.6 is 11.6 Å². The van der Waals surface area contributed by atoms with E-state index in [2.05, 4.69) is 44.1 Å². The van der Waals surface area contributed by atoms with Crippen molar-refractivity contribution in [1.29, 1.82) is 0 Å². The van der Waals surface area contributed by atoms with Crippen molar-refractivity contribution in [2.45, 2.75) is 19.4 Å². The number of pyridine rings is 1.